The Hall–Kier alpha value is -3.14. The maximum Gasteiger partial charge on any atom is 0.416 e. The molecule has 7 nitrogen and oxygen atoms in total. The number of ketones is 2. The third-order valence-corrected chi connectivity index (χ3v) is 4.23. The summed E-state index contributed by atoms with van der Waals surface area (Å²) in [5, 5.41) is 9.32. The maximum atomic E-state index is 12.8. The van der Waals surface area contributed by atoms with E-state index in [1.807, 2.05) is 19.0 Å². The number of benzene rings is 1. The summed E-state index contributed by atoms with van der Waals surface area (Å²) in [5.74, 6) is -0.966. The van der Waals surface area contributed by atoms with Crippen molar-refractivity contribution in [2.75, 3.05) is 37.8 Å². The largest absolute Gasteiger partial charge is 0.416 e. The van der Waals surface area contributed by atoms with Gasteiger partial charge in [0, 0.05) is 18.3 Å². The SMILES string of the molecule is CN(C)CCCNc1onc2c1C(=O)C(Nc1ccc(C(F)(F)F)cc1)=CC2=O. The number of Topliss-reactive ketones (excluding diaryl/α,β-unsaturated/α-hetero) is 1. The number of hydrogen-bond donors (Lipinski definition) is 2. The van der Waals surface area contributed by atoms with E-state index in [1.165, 1.54) is 12.1 Å². The summed E-state index contributed by atoms with van der Waals surface area (Å²) in [6.07, 6.45) is -2.63. The molecule has 1 aromatic carbocycles. The lowest BCUT2D eigenvalue weighted by Gasteiger charge is -2.15. The van der Waals surface area contributed by atoms with Gasteiger partial charge in [-0.3, -0.25) is 9.59 Å². The molecule has 0 radical (unpaired) electrons. The molecule has 1 aliphatic rings. The van der Waals surface area contributed by atoms with Crippen molar-refractivity contribution in [1.82, 2.24) is 10.1 Å². The van der Waals surface area contributed by atoms with Crippen LogP contribution in [0.2, 0.25) is 0 Å². The van der Waals surface area contributed by atoms with Crippen molar-refractivity contribution in [3.8, 4) is 0 Å². The molecule has 0 unspecified atom stereocenters. The number of carbonyl (C=O) groups excluding carboxylic acids is 2. The Labute approximate surface area is 164 Å². The van der Waals surface area contributed by atoms with E-state index < -0.39 is 23.3 Å². The van der Waals surface area contributed by atoms with E-state index >= 15 is 0 Å². The topological polar surface area (TPSA) is 87.5 Å². The average Bonchev–Trinajstić information content (AvgIpc) is 3.07. The van der Waals surface area contributed by atoms with Gasteiger partial charge in [-0.1, -0.05) is 5.16 Å². The molecule has 29 heavy (non-hydrogen) atoms. The van der Waals surface area contributed by atoms with Crippen molar-refractivity contribution in [1.29, 1.82) is 0 Å². The number of hydrogen-bond acceptors (Lipinski definition) is 7. The van der Waals surface area contributed by atoms with Crippen LogP contribution in [0.5, 0.6) is 0 Å². The van der Waals surface area contributed by atoms with Gasteiger partial charge in [-0.2, -0.15) is 13.2 Å². The van der Waals surface area contributed by atoms with Crippen LogP contribution in [0.3, 0.4) is 0 Å². The maximum absolute atomic E-state index is 12.8. The van der Waals surface area contributed by atoms with E-state index in [-0.39, 0.29) is 28.5 Å². The molecule has 10 heteroatoms. The van der Waals surface area contributed by atoms with E-state index in [4.69, 9.17) is 4.52 Å². The molecule has 1 aromatic heterocycles. The molecule has 0 spiro atoms. The number of fused-ring (bicyclic) bond motifs is 1. The third-order valence-electron chi connectivity index (χ3n) is 4.23. The van der Waals surface area contributed by atoms with Gasteiger partial charge in [0.1, 0.15) is 5.56 Å². The number of allylic oxidation sites excluding steroid dienone is 2. The number of anilines is 2. The van der Waals surface area contributed by atoms with Gasteiger partial charge in [-0.25, -0.2) is 0 Å². The monoisotopic (exact) mass is 408 g/mol. The zero-order valence-corrected chi connectivity index (χ0v) is 15.8. The quantitative estimate of drug-likeness (QED) is 0.679. The van der Waals surface area contributed by atoms with E-state index in [9.17, 15) is 22.8 Å². The smallest absolute Gasteiger partial charge is 0.353 e. The fourth-order valence-corrected chi connectivity index (χ4v) is 2.78. The molecule has 3 rings (SSSR count). The van der Waals surface area contributed by atoms with Crippen molar-refractivity contribution in [2.24, 2.45) is 0 Å². The van der Waals surface area contributed by atoms with Gasteiger partial charge in [0.25, 0.3) is 0 Å². The first-order valence-corrected chi connectivity index (χ1v) is 8.80. The van der Waals surface area contributed by atoms with Crippen LogP contribution in [0.25, 0.3) is 0 Å². The van der Waals surface area contributed by atoms with Gasteiger partial charge in [-0.05, 0) is 51.3 Å². The van der Waals surface area contributed by atoms with Crippen LogP contribution in [0.4, 0.5) is 24.7 Å². The van der Waals surface area contributed by atoms with E-state index in [0.29, 0.717) is 6.54 Å². The molecule has 1 heterocycles. The first-order valence-electron chi connectivity index (χ1n) is 8.80. The number of carbonyl (C=O) groups is 2. The van der Waals surface area contributed by atoms with Gasteiger partial charge in [0.05, 0.1) is 11.3 Å². The minimum Gasteiger partial charge on any atom is -0.353 e. The lowest BCUT2D eigenvalue weighted by Crippen LogP contribution is -2.22. The standard InChI is InChI=1S/C19H19F3N4O3/c1-26(2)9-3-8-23-18-15-16(25-29-18)14(27)10-13(17(15)28)24-12-6-4-11(5-7-12)19(20,21)22/h4-7,10,23-24H,3,8-9H2,1-2H3. The van der Waals surface area contributed by atoms with Gasteiger partial charge in [0.2, 0.25) is 17.5 Å². The highest BCUT2D eigenvalue weighted by molar-refractivity contribution is 6.26. The molecule has 0 fully saturated rings. The fraction of sp³-hybridized carbons (Fsp3) is 0.316. The molecule has 0 bridgehead atoms. The molecule has 0 saturated heterocycles. The molecule has 2 aromatic rings. The molecule has 0 aliphatic heterocycles. The van der Waals surface area contributed by atoms with Gasteiger partial charge in [-0.15, -0.1) is 0 Å². The number of nitrogens with zero attached hydrogens (tertiary/aromatic N) is 2. The number of nitrogens with one attached hydrogen (secondary N) is 2. The molecule has 154 valence electrons. The Morgan fingerprint density at radius 1 is 1.14 bits per heavy atom. The van der Waals surface area contributed by atoms with Crippen LogP contribution in [0, 0.1) is 0 Å². The first kappa shape index (κ1) is 20.6. The van der Waals surface area contributed by atoms with Crippen LogP contribution in [-0.4, -0.2) is 48.8 Å². The molecular formula is C19H19F3N4O3. The Balaban J connectivity index is 1.75. The Morgan fingerprint density at radius 2 is 1.83 bits per heavy atom. The fourth-order valence-electron chi connectivity index (χ4n) is 2.78. The third kappa shape index (κ3) is 4.65. The minimum absolute atomic E-state index is 0.0109. The number of alkyl halides is 3. The summed E-state index contributed by atoms with van der Waals surface area (Å²) in [7, 11) is 3.87. The summed E-state index contributed by atoms with van der Waals surface area (Å²) in [4.78, 5) is 27.1. The second-order valence-electron chi connectivity index (χ2n) is 6.77. The second kappa shape index (κ2) is 8.08. The number of rotatable bonds is 7. The zero-order valence-electron chi connectivity index (χ0n) is 15.8. The van der Waals surface area contributed by atoms with Crippen molar-refractivity contribution in [2.45, 2.75) is 12.6 Å². The summed E-state index contributed by atoms with van der Waals surface area (Å²) >= 11 is 0. The van der Waals surface area contributed by atoms with Gasteiger partial charge >= 0.3 is 6.18 Å². The van der Waals surface area contributed by atoms with Crippen molar-refractivity contribution in [3.05, 3.63) is 52.9 Å². The minimum atomic E-state index is -4.46. The number of aromatic nitrogens is 1. The molecule has 0 amide bonds. The molecule has 0 saturated carbocycles. The van der Waals surface area contributed by atoms with Gasteiger partial charge < -0.3 is 20.1 Å². The van der Waals surface area contributed by atoms with E-state index in [1.54, 1.807) is 0 Å². The molecular weight excluding hydrogens is 389 g/mol. The van der Waals surface area contributed by atoms with Crippen LogP contribution in [-0.2, 0) is 6.18 Å². The van der Waals surface area contributed by atoms with Crippen molar-refractivity contribution >= 4 is 23.1 Å². The molecule has 1 aliphatic carbocycles. The highest BCUT2D eigenvalue weighted by atomic mass is 19.4. The Bertz CT molecular complexity index is 947. The van der Waals surface area contributed by atoms with Crippen LogP contribution >= 0.6 is 0 Å². The lowest BCUT2D eigenvalue weighted by atomic mass is 9.98. The first-order chi connectivity index (χ1) is 13.7. The second-order valence-corrected chi connectivity index (χ2v) is 6.77. The summed E-state index contributed by atoms with van der Waals surface area (Å²) < 4.78 is 43.2. The average molecular weight is 408 g/mol. The summed E-state index contributed by atoms with van der Waals surface area (Å²) in [5.41, 5.74) is -0.721. The van der Waals surface area contributed by atoms with E-state index in [2.05, 4.69) is 15.8 Å². The Morgan fingerprint density at radius 3 is 2.45 bits per heavy atom. The van der Waals surface area contributed by atoms with E-state index in [0.717, 1.165) is 31.2 Å². The normalized spacial score (nSPS) is 14.1. The van der Waals surface area contributed by atoms with Crippen LogP contribution in [0.1, 0.15) is 32.8 Å². The highest BCUT2D eigenvalue weighted by Crippen LogP contribution is 2.31. The van der Waals surface area contributed by atoms with Crippen LogP contribution < -0.4 is 10.6 Å². The Kier molecular flexibility index (Phi) is 5.73. The number of halogens is 3. The van der Waals surface area contributed by atoms with Crippen LogP contribution in [0.15, 0.2) is 40.6 Å². The summed E-state index contributed by atoms with van der Waals surface area (Å²) in [6, 6.07) is 4.15. The predicted molar refractivity (Wildman–Crippen MR) is 100.0 cm³/mol. The van der Waals surface area contributed by atoms with Gasteiger partial charge in [0.15, 0.2) is 5.69 Å². The zero-order chi connectivity index (χ0) is 21.2. The lowest BCUT2D eigenvalue weighted by molar-refractivity contribution is -0.137. The van der Waals surface area contributed by atoms with Crippen molar-refractivity contribution < 1.29 is 27.3 Å². The molecule has 2 N–H and O–H groups in total. The summed E-state index contributed by atoms with van der Waals surface area (Å²) in [6.45, 7) is 1.32. The van der Waals surface area contributed by atoms with Crippen molar-refractivity contribution in [3.63, 3.8) is 0 Å². The predicted octanol–water partition coefficient (Wildman–Crippen LogP) is 3.43. The molecule has 0 atom stereocenters. The highest BCUT2D eigenvalue weighted by Gasteiger charge is 2.34.